The molecule has 0 bridgehead atoms. The summed E-state index contributed by atoms with van der Waals surface area (Å²) >= 11 is 1.46. The number of hydrogen-bond donors (Lipinski definition) is 1. The Kier molecular flexibility index (Phi) is 2.88. The maximum Gasteiger partial charge on any atom is 0.266 e. The summed E-state index contributed by atoms with van der Waals surface area (Å²) in [6.07, 6.45) is 0. The van der Waals surface area contributed by atoms with Crippen LogP contribution >= 0.6 is 11.3 Å². The lowest BCUT2D eigenvalue weighted by Crippen LogP contribution is -2.12. The Hall–Kier alpha value is -2.45. The van der Waals surface area contributed by atoms with Gasteiger partial charge in [-0.3, -0.25) is 4.79 Å². The minimum atomic E-state index is -0.448. The molecular weight excluding hydrogens is 275 g/mol. The molecule has 98 valence electrons. The summed E-state index contributed by atoms with van der Waals surface area (Å²) in [5, 5.41) is 11.8. The molecule has 0 unspecified atom stereocenters. The van der Waals surface area contributed by atoms with E-state index in [-0.39, 0.29) is 11.4 Å². The van der Waals surface area contributed by atoms with Crippen molar-refractivity contribution in [1.29, 1.82) is 5.26 Å². The first-order chi connectivity index (χ1) is 9.60. The van der Waals surface area contributed by atoms with Crippen LogP contribution in [0.25, 0.3) is 21.2 Å². The van der Waals surface area contributed by atoms with Gasteiger partial charge in [0, 0.05) is 21.5 Å². The molecule has 0 radical (unpaired) electrons. The first-order valence-electron chi connectivity index (χ1n) is 5.91. The van der Waals surface area contributed by atoms with Crippen LogP contribution in [0.15, 0.2) is 34.4 Å². The first kappa shape index (κ1) is 12.6. The van der Waals surface area contributed by atoms with Crippen molar-refractivity contribution in [3.05, 3.63) is 57.1 Å². The van der Waals surface area contributed by atoms with Gasteiger partial charge >= 0.3 is 0 Å². The summed E-state index contributed by atoms with van der Waals surface area (Å²) < 4.78 is 14.6. The lowest BCUT2D eigenvalue weighted by atomic mass is 10.00. The van der Waals surface area contributed by atoms with E-state index < -0.39 is 5.56 Å². The summed E-state index contributed by atoms with van der Waals surface area (Å²) in [7, 11) is 0. The number of thiophene rings is 1. The highest BCUT2D eigenvalue weighted by Crippen LogP contribution is 2.34. The lowest BCUT2D eigenvalue weighted by molar-refractivity contribution is 0.630. The summed E-state index contributed by atoms with van der Waals surface area (Å²) in [4.78, 5) is 14.4. The van der Waals surface area contributed by atoms with Gasteiger partial charge in [0.15, 0.2) is 0 Å². The number of nitrogens with one attached hydrogen (secondary N) is 1. The fourth-order valence-electron chi connectivity index (χ4n) is 2.26. The van der Waals surface area contributed by atoms with Gasteiger partial charge in [-0.1, -0.05) is 0 Å². The maximum atomic E-state index is 13.7. The normalized spacial score (nSPS) is 10.7. The number of aromatic amines is 1. The van der Waals surface area contributed by atoms with Crippen LogP contribution in [0.3, 0.4) is 0 Å². The van der Waals surface area contributed by atoms with Crippen molar-refractivity contribution in [3.63, 3.8) is 0 Å². The molecular formula is C15H9FN2OS. The van der Waals surface area contributed by atoms with E-state index in [1.807, 2.05) is 17.5 Å². The van der Waals surface area contributed by atoms with E-state index in [0.717, 1.165) is 10.1 Å². The molecule has 1 N–H and O–H groups in total. The number of rotatable bonds is 1. The van der Waals surface area contributed by atoms with Gasteiger partial charge in [-0.25, -0.2) is 4.39 Å². The number of hydrogen-bond acceptors (Lipinski definition) is 3. The largest absolute Gasteiger partial charge is 0.325 e. The SMILES string of the molecule is Cc1cc(-c2cc(F)cc3ccsc23)c(C#N)c(=O)[nH]1. The van der Waals surface area contributed by atoms with E-state index in [9.17, 15) is 14.4 Å². The molecule has 0 aliphatic heterocycles. The topological polar surface area (TPSA) is 56.6 Å². The van der Waals surface area contributed by atoms with Crippen molar-refractivity contribution in [3.8, 4) is 17.2 Å². The van der Waals surface area contributed by atoms with Crippen LogP contribution in [0, 0.1) is 24.1 Å². The van der Waals surface area contributed by atoms with E-state index in [1.54, 1.807) is 13.0 Å². The Morgan fingerprint density at radius 1 is 1.30 bits per heavy atom. The number of nitriles is 1. The van der Waals surface area contributed by atoms with Gasteiger partial charge in [0.1, 0.15) is 17.4 Å². The molecule has 0 saturated carbocycles. The molecule has 0 amide bonds. The number of halogens is 1. The number of nitrogens with zero attached hydrogens (tertiary/aromatic N) is 1. The van der Waals surface area contributed by atoms with Crippen molar-refractivity contribution in [2.45, 2.75) is 6.92 Å². The number of aryl methyl sites for hydroxylation is 1. The first-order valence-corrected chi connectivity index (χ1v) is 6.79. The number of benzene rings is 1. The van der Waals surface area contributed by atoms with Crippen molar-refractivity contribution in [2.24, 2.45) is 0 Å². The van der Waals surface area contributed by atoms with Crippen LogP contribution in [0.2, 0.25) is 0 Å². The third-order valence-corrected chi connectivity index (χ3v) is 4.05. The lowest BCUT2D eigenvalue weighted by Gasteiger charge is -2.07. The highest BCUT2D eigenvalue weighted by atomic mass is 32.1. The minimum absolute atomic E-state index is 0.0101. The zero-order valence-electron chi connectivity index (χ0n) is 10.5. The monoisotopic (exact) mass is 284 g/mol. The van der Waals surface area contributed by atoms with Gasteiger partial charge in [-0.15, -0.1) is 11.3 Å². The zero-order chi connectivity index (χ0) is 14.3. The standard InChI is InChI=1S/C15H9FN2OS/c1-8-4-11(13(7-17)15(19)18-8)12-6-10(16)5-9-2-3-20-14(9)12/h2-6H,1H3,(H,18,19). The fraction of sp³-hybridized carbons (Fsp3) is 0.0667. The molecule has 2 heterocycles. The highest BCUT2D eigenvalue weighted by Gasteiger charge is 2.14. The predicted molar refractivity (Wildman–Crippen MR) is 77.3 cm³/mol. The zero-order valence-corrected chi connectivity index (χ0v) is 11.3. The molecule has 3 rings (SSSR count). The molecule has 3 nitrogen and oxygen atoms in total. The second kappa shape index (κ2) is 4.58. The molecule has 5 heteroatoms. The Morgan fingerprint density at radius 2 is 2.10 bits per heavy atom. The van der Waals surface area contributed by atoms with Gasteiger partial charge < -0.3 is 4.98 Å². The van der Waals surface area contributed by atoms with Gasteiger partial charge in [0.2, 0.25) is 0 Å². The van der Waals surface area contributed by atoms with Crippen molar-refractivity contribution in [2.75, 3.05) is 0 Å². The predicted octanol–water partition coefficient (Wildman–Crippen LogP) is 3.58. The van der Waals surface area contributed by atoms with E-state index >= 15 is 0 Å². The summed E-state index contributed by atoms with van der Waals surface area (Å²) in [6.45, 7) is 1.73. The Balaban J connectivity index is 2.45. The van der Waals surface area contributed by atoms with Crippen LogP contribution in [0.5, 0.6) is 0 Å². The second-order valence-electron chi connectivity index (χ2n) is 4.47. The molecule has 1 aromatic carbocycles. The molecule has 0 fully saturated rings. The fourth-order valence-corrected chi connectivity index (χ4v) is 3.17. The van der Waals surface area contributed by atoms with Crippen molar-refractivity contribution >= 4 is 21.4 Å². The molecule has 0 spiro atoms. The van der Waals surface area contributed by atoms with Crippen LogP contribution in [0.1, 0.15) is 11.3 Å². The smallest absolute Gasteiger partial charge is 0.266 e. The average molecular weight is 284 g/mol. The molecule has 0 aliphatic rings. The summed E-state index contributed by atoms with van der Waals surface area (Å²) in [5.41, 5.74) is 1.26. The van der Waals surface area contributed by atoms with Gasteiger partial charge in [0.05, 0.1) is 0 Å². The van der Waals surface area contributed by atoms with Crippen LogP contribution in [-0.4, -0.2) is 4.98 Å². The summed E-state index contributed by atoms with van der Waals surface area (Å²) in [6, 6.07) is 8.24. The van der Waals surface area contributed by atoms with Gasteiger partial charge in [0.25, 0.3) is 5.56 Å². The quantitative estimate of drug-likeness (QED) is 0.742. The van der Waals surface area contributed by atoms with Crippen molar-refractivity contribution < 1.29 is 4.39 Å². The second-order valence-corrected chi connectivity index (χ2v) is 5.39. The van der Waals surface area contributed by atoms with Crippen molar-refractivity contribution in [1.82, 2.24) is 4.98 Å². The Morgan fingerprint density at radius 3 is 2.85 bits per heavy atom. The van der Waals surface area contributed by atoms with Gasteiger partial charge in [-0.2, -0.15) is 5.26 Å². The molecule has 0 aliphatic carbocycles. The van der Waals surface area contributed by atoms with E-state index in [4.69, 9.17) is 0 Å². The molecule has 0 saturated heterocycles. The van der Waals surface area contributed by atoms with Crippen LogP contribution in [0.4, 0.5) is 4.39 Å². The van der Waals surface area contributed by atoms with Crippen LogP contribution < -0.4 is 5.56 Å². The third kappa shape index (κ3) is 1.91. The average Bonchev–Trinajstić information content (AvgIpc) is 2.84. The Labute approximate surface area is 117 Å². The molecule has 0 atom stereocenters. The number of pyridine rings is 1. The molecule has 20 heavy (non-hydrogen) atoms. The van der Waals surface area contributed by atoms with Gasteiger partial charge in [-0.05, 0) is 42.0 Å². The molecule has 2 aromatic heterocycles. The number of aromatic nitrogens is 1. The number of fused-ring (bicyclic) bond motifs is 1. The molecule has 3 aromatic rings. The minimum Gasteiger partial charge on any atom is -0.325 e. The Bertz CT molecular complexity index is 918. The van der Waals surface area contributed by atoms with E-state index in [2.05, 4.69) is 4.98 Å². The summed E-state index contributed by atoms with van der Waals surface area (Å²) in [5.74, 6) is -0.382. The van der Waals surface area contributed by atoms with E-state index in [1.165, 1.54) is 23.5 Å². The maximum absolute atomic E-state index is 13.7. The van der Waals surface area contributed by atoms with E-state index in [0.29, 0.717) is 16.8 Å². The third-order valence-electron chi connectivity index (χ3n) is 3.09. The number of H-pyrrole nitrogens is 1. The highest BCUT2D eigenvalue weighted by molar-refractivity contribution is 7.17. The van der Waals surface area contributed by atoms with Crippen LogP contribution in [-0.2, 0) is 0 Å².